The highest BCUT2D eigenvalue weighted by atomic mass is 16.5. The SMILES string of the molecule is CCN(CC(=O)OC)C(=O)c1ncccc1C#CCN. The normalized spacial score (nSPS) is 9.35. The van der Waals surface area contributed by atoms with Gasteiger partial charge >= 0.3 is 5.97 Å². The molecular weight excluding hydrogens is 258 g/mol. The number of aromatic nitrogens is 1. The second-order valence-corrected chi connectivity index (χ2v) is 3.80. The van der Waals surface area contributed by atoms with E-state index in [4.69, 9.17) is 5.73 Å². The molecule has 2 N–H and O–H groups in total. The number of likely N-dealkylation sites (N-methyl/N-ethyl adjacent to an activating group) is 1. The zero-order valence-corrected chi connectivity index (χ0v) is 11.5. The maximum absolute atomic E-state index is 12.4. The zero-order chi connectivity index (χ0) is 15.0. The predicted molar refractivity (Wildman–Crippen MR) is 73.8 cm³/mol. The van der Waals surface area contributed by atoms with Gasteiger partial charge in [-0.15, -0.1) is 0 Å². The van der Waals surface area contributed by atoms with Crippen LogP contribution in [-0.4, -0.2) is 48.5 Å². The average molecular weight is 275 g/mol. The van der Waals surface area contributed by atoms with E-state index in [1.807, 2.05) is 0 Å². The Hall–Kier alpha value is -2.39. The Bertz CT molecular complexity index is 546. The molecule has 1 aromatic heterocycles. The lowest BCUT2D eigenvalue weighted by atomic mass is 10.1. The molecule has 0 aliphatic heterocycles. The van der Waals surface area contributed by atoms with Gasteiger partial charge in [0.2, 0.25) is 0 Å². The first-order chi connectivity index (χ1) is 9.63. The Morgan fingerprint density at radius 3 is 2.85 bits per heavy atom. The van der Waals surface area contributed by atoms with Gasteiger partial charge < -0.3 is 15.4 Å². The number of esters is 1. The van der Waals surface area contributed by atoms with Crippen molar-refractivity contribution >= 4 is 11.9 Å². The summed E-state index contributed by atoms with van der Waals surface area (Å²) in [5.41, 5.74) is 6.02. The average Bonchev–Trinajstić information content (AvgIpc) is 2.49. The largest absolute Gasteiger partial charge is 0.468 e. The number of amides is 1. The Morgan fingerprint density at radius 1 is 1.50 bits per heavy atom. The van der Waals surface area contributed by atoms with Crippen molar-refractivity contribution in [3.63, 3.8) is 0 Å². The number of nitrogens with zero attached hydrogens (tertiary/aromatic N) is 2. The fourth-order valence-electron chi connectivity index (χ4n) is 1.52. The molecule has 0 bridgehead atoms. The van der Waals surface area contributed by atoms with Crippen molar-refractivity contribution in [2.24, 2.45) is 5.73 Å². The van der Waals surface area contributed by atoms with E-state index < -0.39 is 5.97 Å². The Morgan fingerprint density at radius 2 is 2.25 bits per heavy atom. The van der Waals surface area contributed by atoms with Crippen LogP contribution >= 0.6 is 0 Å². The van der Waals surface area contributed by atoms with Gasteiger partial charge in [-0.2, -0.15) is 0 Å². The maximum atomic E-state index is 12.4. The summed E-state index contributed by atoms with van der Waals surface area (Å²) >= 11 is 0. The number of rotatable bonds is 4. The van der Waals surface area contributed by atoms with Crippen molar-refractivity contribution in [2.75, 3.05) is 26.7 Å². The van der Waals surface area contributed by atoms with Crippen molar-refractivity contribution in [3.05, 3.63) is 29.6 Å². The molecule has 0 radical (unpaired) electrons. The summed E-state index contributed by atoms with van der Waals surface area (Å²) in [7, 11) is 1.28. The van der Waals surface area contributed by atoms with Gasteiger partial charge in [-0.3, -0.25) is 9.59 Å². The quantitative estimate of drug-likeness (QED) is 0.619. The van der Waals surface area contributed by atoms with Crippen LogP contribution in [0.3, 0.4) is 0 Å². The number of carbonyl (C=O) groups excluding carboxylic acids is 2. The van der Waals surface area contributed by atoms with Crippen molar-refractivity contribution in [1.82, 2.24) is 9.88 Å². The summed E-state index contributed by atoms with van der Waals surface area (Å²) in [6.45, 7) is 2.22. The molecule has 20 heavy (non-hydrogen) atoms. The van der Waals surface area contributed by atoms with Crippen molar-refractivity contribution in [3.8, 4) is 11.8 Å². The van der Waals surface area contributed by atoms with Crippen LogP contribution in [0.25, 0.3) is 0 Å². The molecule has 0 unspecified atom stereocenters. The molecule has 1 rings (SSSR count). The van der Waals surface area contributed by atoms with E-state index in [1.165, 1.54) is 18.2 Å². The molecule has 0 aliphatic carbocycles. The minimum atomic E-state index is -0.481. The third kappa shape index (κ3) is 4.07. The van der Waals surface area contributed by atoms with Gasteiger partial charge in [0.25, 0.3) is 5.91 Å². The van der Waals surface area contributed by atoms with Crippen LogP contribution in [0.1, 0.15) is 23.0 Å². The van der Waals surface area contributed by atoms with Crippen LogP contribution in [0, 0.1) is 11.8 Å². The highest BCUT2D eigenvalue weighted by Gasteiger charge is 2.20. The molecule has 0 saturated heterocycles. The second-order valence-electron chi connectivity index (χ2n) is 3.80. The first kappa shape index (κ1) is 15.7. The monoisotopic (exact) mass is 275 g/mol. The molecule has 0 aliphatic rings. The first-order valence-corrected chi connectivity index (χ1v) is 6.14. The topological polar surface area (TPSA) is 85.5 Å². The predicted octanol–water partition coefficient (Wildman–Crippen LogP) is 0.0269. The third-order valence-electron chi connectivity index (χ3n) is 2.55. The molecule has 1 amide bonds. The van der Waals surface area contributed by atoms with Crippen LogP contribution < -0.4 is 5.73 Å². The Labute approximate surface area is 117 Å². The fraction of sp³-hybridized carbons (Fsp3) is 0.357. The second kappa shape index (κ2) is 7.92. The van der Waals surface area contributed by atoms with E-state index in [9.17, 15) is 9.59 Å². The standard InChI is InChI=1S/C14H17N3O3/c1-3-17(10-12(18)20-2)14(19)13-11(6-4-8-15)7-5-9-16-13/h5,7,9H,3,8,10,15H2,1-2H3. The molecule has 6 nitrogen and oxygen atoms in total. The van der Waals surface area contributed by atoms with Gasteiger partial charge in [0.15, 0.2) is 0 Å². The minimum absolute atomic E-state index is 0.119. The van der Waals surface area contributed by atoms with Gasteiger partial charge in [-0.05, 0) is 19.1 Å². The molecule has 6 heteroatoms. The zero-order valence-electron chi connectivity index (χ0n) is 11.5. The smallest absolute Gasteiger partial charge is 0.325 e. The van der Waals surface area contributed by atoms with Crippen LogP contribution in [0.5, 0.6) is 0 Å². The van der Waals surface area contributed by atoms with Crippen LogP contribution in [0.2, 0.25) is 0 Å². The van der Waals surface area contributed by atoms with Gasteiger partial charge in [-0.1, -0.05) is 11.8 Å². The fourth-order valence-corrected chi connectivity index (χ4v) is 1.52. The van der Waals surface area contributed by atoms with E-state index in [2.05, 4.69) is 21.6 Å². The molecule has 0 atom stereocenters. The molecule has 1 heterocycles. The van der Waals surface area contributed by atoms with E-state index in [0.29, 0.717) is 12.1 Å². The first-order valence-electron chi connectivity index (χ1n) is 6.14. The summed E-state index contributed by atoms with van der Waals surface area (Å²) in [5.74, 6) is 4.64. The van der Waals surface area contributed by atoms with Crippen molar-refractivity contribution in [1.29, 1.82) is 0 Å². The van der Waals surface area contributed by atoms with E-state index >= 15 is 0 Å². The molecule has 0 aromatic carbocycles. The summed E-state index contributed by atoms with van der Waals surface area (Å²) < 4.78 is 4.57. The van der Waals surface area contributed by atoms with Gasteiger partial charge in [0.05, 0.1) is 19.2 Å². The lowest BCUT2D eigenvalue weighted by Gasteiger charge is -2.19. The molecule has 1 aromatic rings. The molecule has 0 fully saturated rings. The molecule has 106 valence electrons. The van der Waals surface area contributed by atoms with E-state index in [0.717, 1.165) is 0 Å². The number of hydrogen-bond acceptors (Lipinski definition) is 5. The van der Waals surface area contributed by atoms with E-state index in [-0.39, 0.29) is 24.7 Å². The Balaban J connectivity index is 3.03. The lowest BCUT2D eigenvalue weighted by molar-refractivity contribution is -0.141. The van der Waals surface area contributed by atoms with Crippen LogP contribution in [-0.2, 0) is 9.53 Å². The summed E-state index contributed by atoms with van der Waals surface area (Å²) in [6.07, 6.45) is 1.51. The van der Waals surface area contributed by atoms with Crippen molar-refractivity contribution < 1.29 is 14.3 Å². The lowest BCUT2D eigenvalue weighted by Crippen LogP contribution is -2.36. The summed E-state index contributed by atoms with van der Waals surface area (Å²) in [6, 6.07) is 3.38. The number of hydrogen-bond donors (Lipinski definition) is 1. The molecule has 0 saturated carbocycles. The van der Waals surface area contributed by atoms with Crippen LogP contribution in [0.15, 0.2) is 18.3 Å². The minimum Gasteiger partial charge on any atom is -0.468 e. The number of carbonyl (C=O) groups is 2. The van der Waals surface area contributed by atoms with Gasteiger partial charge in [-0.25, -0.2) is 4.98 Å². The number of nitrogens with two attached hydrogens (primary N) is 1. The van der Waals surface area contributed by atoms with Gasteiger partial charge in [0, 0.05) is 12.7 Å². The van der Waals surface area contributed by atoms with Crippen molar-refractivity contribution in [2.45, 2.75) is 6.92 Å². The van der Waals surface area contributed by atoms with Gasteiger partial charge in [0.1, 0.15) is 12.2 Å². The van der Waals surface area contributed by atoms with E-state index in [1.54, 1.807) is 19.1 Å². The summed E-state index contributed by atoms with van der Waals surface area (Å²) in [5, 5.41) is 0. The Kier molecular flexibility index (Phi) is 6.20. The number of pyridine rings is 1. The number of methoxy groups -OCH3 is 1. The number of ether oxygens (including phenoxy) is 1. The highest BCUT2D eigenvalue weighted by molar-refractivity contribution is 5.96. The molecular formula is C14H17N3O3. The maximum Gasteiger partial charge on any atom is 0.325 e. The highest BCUT2D eigenvalue weighted by Crippen LogP contribution is 2.08. The van der Waals surface area contributed by atoms with Crippen LogP contribution in [0.4, 0.5) is 0 Å². The molecule has 0 spiro atoms. The summed E-state index contributed by atoms with van der Waals surface area (Å²) in [4.78, 5) is 29.1. The third-order valence-corrected chi connectivity index (χ3v) is 2.55.